The zero-order valence-corrected chi connectivity index (χ0v) is 20.7. The molecule has 4 aromatic carbocycles. The highest BCUT2D eigenvalue weighted by Crippen LogP contribution is 2.52. The average Bonchev–Trinajstić information content (AvgIpc) is 3.26. The van der Waals surface area contributed by atoms with Crippen molar-refractivity contribution >= 4 is 0 Å². The molecule has 0 heterocycles. The van der Waals surface area contributed by atoms with Crippen LogP contribution in [-0.2, 0) is 6.42 Å². The molecule has 2 N–H and O–H groups in total. The van der Waals surface area contributed by atoms with Gasteiger partial charge in [0, 0.05) is 28.2 Å². The Morgan fingerprint density at radius 3 is 1.62 bits per heavy atom. The number of benzene rings is 4. The molecule has 2 nitrogen and oxygen atoms in total. The van der Waals surface area contributed by atoms with Gasteiger partial charge in [-0.1, -0.05) is 59.7 Å². The molecule has 172 valence electrons. The van der Waals surface area contributed by atoms with E-state index < -0.39 is 0 Å². The number of phenolic OH excluding ortho intramolecular Hbond substituents is 2. The second-order valence-corrected chi connectivity index (χ2v) is 9.93. The Labute approximate surface area is 202 Å². The highest BCUT2D eigenvalue weighted by atomic mass is 16.3. The molecule has 0 amide bonds. The third-order valence-electron chi connectivity index (χ3n) is 7.64. The van der Waals surface area contributed by atoms with E-state index in [1.54, 1.807) is 0 Å². The highest BCUT2D eigenvalue weighted by Gasteiger charge is 2.34. The maximum absolute atomic E-state index is 11.6. The van der Waals surface area contributed by atoms with Gasteiger partial charge in [0.1, 0.15) is 11.5 Å². The summed E-state index contributed by atoms with van der Waals surface area (Å²) < 4.78 is 0. The minimum absolute atomic E-state index is 0.0387. The molecular formula is C32H32O2. The molecule has 0 saturated heterocycles. The topological polar surface area (TPSA) is 40.5 Å². The van der Waals surface area contributed by atoms with Crippen LogP contribution >= 0.6 is 0 Å². The van der Waals surface area contributed by atoms with Crippen LogP contribution in [0.25, 0.3) is 22.3 Å². The molecule has 1 aliphatic rings. The van der Waals surface area contributed by atoms with E-state index in [2.05, 4.69) is 95.3 Å². The van der Waals surface area contributed by atoms with Crippen LogP contribution < -0.4 is 0 Å². The molecule has 1 aliphatic carbocycles. The minimum Gasteiger partial charge on any atom is -0.507 e. The zero-order valence-electron chi connectivity index (χ0n) is 20.7. The average molecular weight is 449 g/mol. The number of aryl methyl sites for hydroxylation is 4. The summed E-state index contributed by atoms with van der Waals surface area (Å²) in [6.45, 7) is 10.5. The number of hydrogen-bond donors (Lipinski definition) is 2. The van der Waals surface area contributed by atoms with E-state index in [1.165, 1.54) is 22.3 Å². The van der Waals surface area contributed by atoms with Crippen molar-refractivity contribution in [3.63, 3.8) is 0 Å². The third kappa shape index (κ3) is 3.58. The number of phenols is 2. The molecule has 0 unspecified atom stereocenters. The number of hydrogen-bond acceptors (Lipinski definition) is 2. The van der Waals surface area contributed by atoms with Crippen LogP contribution in [0.15, 0.2) is 60.7 Å². The van der Waals surface area contributed by atoms with E-state index >= 15 is 0 Å². The van der Waals surface area contributed by atoms with Gasteiger partial charge >= 0.3 is 0 Å². The van der Waals surface area contributed by atoms with Crippen molar-refractivity contribution < 1.29 is 10.2 Å². The Morgan fingerprint density at radius 2 is 1.09 bits per heavy atom. The van der Waals surface area contributed by atoms with Gasteiger partial charge in [0.15, 0.2) is 0 Å². The van der Waals surface area contributed by atoms with E-state index in [1.807, 2.05) is 0 Å². The first-order valence-electron chi connectivity index (χ1n) is 12.1. The van der Waals surface area contributed by atoms with Crippen LogP contribution in [0.5, 0.6) is 11.5 Å². The standard InChI is InChI=1S/C32H32O2/c1-18-6-10-23(11-7-18)27-16-20(3)22(5)29(31(27)33)26-15-14-25-21(4)17-28(32(34)30(25)26)24-12-8-19(2)9-13-24/h6-13,16-17,26,33-34H,14-15H2,1-5H3/t26-/m0/s1. The molecule has 0 aliphatic heterocycles. The summed E-state index contributed by atoms with van der Waals surface area (Å²) in [5, 5.41) is 23.2. The largest absolute Gasteiger partial charge is 0.507 e. The molecule has 2 heteroatoms. The summed E-state index contributed by atoms with van der Waals surface area (Å²) in [6.07, 6.45) is 1.78. The van der Waals surface area contributed by atoms with Gasteiger partial charge < -0.3 is 10.2 Å². The van der Waals surface area contributed by atoms with Gasteiger partial charge in [-0.3, -0.25) is 0 Å². The van der Waals surface area contributed by atoms with E-state index in [4.69, 9.17) is 0 Å². The Kier molecular flexibility index (Phi) is 5.48. The van der Waals surface area contributed by atoms with E-state index in [0.717, 1.165) is 57.3 Å². The smallest absolute Gasteiger partial charge is 0.127 e. The monoisotopic (exact) mass is 448 g/mol. The lowest BCUT2D eigenvalue weighted by atomic mass is 9.82. The molecular weight excluding hydrogens is 416 g/mol. The highest BCUT2D eigenvalue weighted by molar-refractivity contribution is 5.79. The fraction of sp³-hybridized carbons (Fsp3) is 0.250. The van der Waals surface area contributed by atoms with Crippen molar-refractivity contribution in [2.24, 2.45) is 0 Å². The quantitative estimate of drug-likeness (QED) is 0.333. The molecule has 0 saturated carbocycles. The zero-order chi connectivity index (χ0) is 24.1. The van der Waals surface area contributed by atoms with Crippen LogP contribution in [0.1, 0.15) is 56.8 Å². The van der Waals surface area contributed by atoms with E-state index in [9.17, 15) is 10.2 Å². The van der Waals surface area contributed by atoms with Crippen LogP contribution in [-0.4, -0.2) is 10.2 Å². The van der Waals surface area contributed by atoms with Crippen molar-refractivity contribution in [2.75, 3.05) is 0 Å². The SMILES string of the molecule is Cc1ccc(-c2cc(C)c(C)c([C@@H]3CCc4c(C)cc(-c5ccc(C)cc5)c(O)c43)c2O)cc1. The van der Waals surface area contributed by atoms with Crippen molar-refractivity contribution in [1.82, 2.24) is 0 Å². The summed E-state index contributed by atoms with van der Waals surface area (Å²) in [5.41, 5.74) is 12.8. The molecule has 0 aromatic heterocycles. The Bertz CT molecular complexity index is 1390. The molecule has 0 bridgehead atoms. The van der Waals surface area contributed by atoms with Crippen molar-refractivity contribution in [3.8, 4) is 33.8 Å². The summed E-state index contributed by atoms with van der Waals surface area (Å²) in [5.74, 6) is 0.648. The minimum atomic E-state index is -0.0387. The molecule has 5 rings (SSSR count). The fourth-order valence-electron chi connectivity index (χ4n) is 5.56. The van der Waals surface area contributed by atoms with Crippen molar-refractivity contribution in [1.29, 1.82) is 0 Å². The third-order valence-corrected chi connectivity index (χ3v) is 7.64. The first-order valence-corrected chi connectivity index (χ1v) is 12.1. The number of fused-ring (bicyclic) bond motifs is 1. The van der Waals surface area contributed by atoms with Crippen LogP contribution in [0, 0.1) is 34.6 Å². The van der Waals surface area contributed by atoms with Gasteiger partial charge in [0.25, 0.3) is 0 Å². The molecule has 0 radical (unpaired) electrons. The van der Waals surface area contributed by atoms with Gasteiger partial charge in [-0.25, -0.2) is 0 Å². The summed E-state index contributed by atoms with van der Waals surface area (Å²) in [4.78, 5) is 0. The lowest BCUT2D eigenvalue weighted by Gasteiger charge is -2.23. The Hall–Kier alpha value is -3.52. The second kappa shape index (κ2) is 8.36. The number of aromatic hydroxyl groups is 2. The molecule has 0 spiro atoms. The summed E-state index contributed by atoms with van der Waals surface area (Å²) in [7, 11) is 0. The lowest BCUT2D eigenvalue weighted by Crippen LogP contribution is -2.04. The maximum Gasteiger partial charge on any atom is 0.127 e. The fourth-order valence-corrected chi connectivity index (χ4v) is 5.56. The van der Waals surface area contributed by atoms with Gasteiger partial charge in [0.05, 0.1) is 0 Å². The second-order valence-electron chi connectivity index (χ2n) is 9.93. The molecule has 0 fully saturated rings. The van der Waals surface area contributed by atoms with Gasteiger partial charge in [-0.05, 0) is 93.0 Å². The lowest BCUT2D eigenvalue weighted by molar-refractivity contribution is 0.457. The van der Waals surface area contributed by atoms with Gasteiger partial charge in [0.2, 0.25) is 0 Å². The predicted molar refractivity (Wildman–Crippen MR) is 141 cm³/mol. The van der Waals surface area contributed by atoms with Gasteiger partial charge in [-0.2, -0.15) is 0 Å². The van der Waals surface area contributed by atoms with Crippen molar-refractivity contribution in [3.05, 3.63) is 105 Å². The molecule has 4 aromatic rings. The van der Waals surface area contributed by atoms with E-state index in [-0.39, 0.29) is 5.92 Å². The van der Waals surface area contributed by atoms with Crippen molar-refractivity contribution in [2.45, 2.75) is 53.4 Å². The molecule has 34 heavy (non-hydrogen) atoms. The normalized spacial score (nSPS) is 14.9. The Balaban J connectivity index is 1.71. The van der Waals surface area contributed by atoms with Crippen LogP contribution in [0.4, 0.5) is 0 Å². The maximum atomic E-state index is 11.6. The summed E-state index contributed by atoms with van der Waals surface area (Å²) in [6, 6.07) is 20.8. The Morgan fingerprint density at radius 1 is 0.618 bits per heavy atom. The van der Waals surface area contributed by atoms with Crippen LogP contribution in [0.2, 0.25) is 0 Å². The van der Waals surface area contributed by atoms with E-state index in [0.29, 0.717) is 11.5 Å². The first-order chi connectivity index (χ1) is 16.3. The van der Waals surface area contributed by atoms with Gasteiger partial charge in [-0.15, -0.1) is 0 Å². The molecule has 1 atom stereocenters. The first kappa shape index (κ1) is 22.3. The van der Waals surface area contributed by atoms with Crippen LogP contribution in [0.3, 0.4) is 0 Å². The predicted octanol–water partition coefficient (Wildman–Crippen LogP) is 8.05. The number of rotatable bonds is 3. The summed E-state index contributed by atoms with van der Waals surface area (Å²) >= 11 is 0.